The molecule has 1 aliphatic heterocycles. The van der Waals surface area contributed by atoms with Crippen LogP contribution in [0.4, 0.5) is 5.82 Å². The molecule has 0 aliphatic carbocycles. The van der Waals surface area contributed by atoms with Gasteiger partial charge in [-0.15, -0.1) is 0 Å². The van der Waals surface area contributed by atoms with Crippen molar-refractivity contribution in [3.05, 3.63) is 30.9 Å². The molecule has 1 saturated heterocycles. The summed E-state index contributed by atoms with van der Waals surface area (Å²) in [6.07, 6.45) is 3.57. The smallest absolute Gasteiger partial charge is 0.167 e. The number of aliphatic hydroxyl groups excluding tert-OH is 2. The Morgan fingerprint density at radius 2 is 2.23 bits per heavy atom. The molecule has 2 unspecified atom stereocenters. The number of ether oxygens (including phenoxy) is 2. The van der Waals surface area contributed by atoms with Crippen LogP contribution >= 0.6 is 0 Å². The highest BCUT2D eigenvalue weighted by Crippen LogP contribution is 2.33. The second-order valence-corrected chi connectivity index (χ2v) is 5.98. The third-order valence-electron chi connectivity index (χ3n) is 4.39. The molecule has 3 aromatic rings. The fraction of sp³-hybridized carbons (Fsp3) is 0.467. The second kappa shape index (κ2) is 6.96. The Morgan fingerprint density at radius 3 is 3.00 bits per heavy atom. The van der Waals surface area contributed by atoms with Gasteiger partial charge in [0.15, 0.2) is 17.7 Å². The number of aromatic nitrogens is 6. The minimum atomic E-state index is -0.997. The van der Waals surface area contributed by atoms with Crippen molar-refractivity contribution in [3.8, 4) is 0 Å². The van der Waals surface area contributed by atoms with Crippen molar-refractivity contribution >= 4 is 17.0 Å². The van der Waals surface area contributed by atoms with E-state index in [0.29, 0.717) is 24.2 Å². The molecule has 4 heterocycles. The van der Waals surface area contributed by atoms with Crippen LogP contribution in [0.3, 0.4) is 0 Å². The van der Waals surface area contributed by atoms with Gasteiger partial charge >= 0.3 is 0 Å². The van der Waals surface area contributed by atoms with Crippen molar-refractivity contribution in [1.29, 1.82) is 0 Å². The Kier molecular flexibility index (Phi) is 4.51. The van der Waals surface area contributed by atoms with Gasteiger partial charge in [0.1, 0.15) is 30.2 Å². The molecule has 4 rings (SSSR count). The highest BCUT2D eigenvalue weighted by Gasteiger charge is 2.45. The third-order valence-corrected chi connectivity index (χ3v) is 4.39. The van der Waals surface area contributed by atoms with Crippen molar-refractivity contribution in [3.63, 3.8) is 0 Å². The molecule has 0 spiro atoms. The maximum absolute atomic E-state index is 10.5. The average Bonchev–Trinajstić information content (AvgIpc) is 3.36. The first kappa shape index (κ1) is 16.8. The molecule has 26 heavy (non-hydrogen) atoms. The molecule has 0 saturated carbocycles. The monoisotopic (exact) mass is 361 g/mol. The van der Waals surface area contributed by atoms with Crippen molar-refractivity contribution in [1.82, 2.24) is 29.5 Å². The zero-order valence-corrected chi connectivity index (χ0v) is 13.8. The number of hydrogen-bond acceptors (Lipinski definition) is 9. The minimum absolute atomic E-state index is 0.253. The van der Waals surface area contributed by atoms with Gasteiger partial charge in [-0.2, -0.15) is 0 Å². The van der Waals surface area contributed by atoms with Gasteiger partial charge in [0.05, 0.1) is 25.9 Å². The number of rotatable bonds is 6. The summed E-state index contributed by atoms with van der Waals surface area (Å²) in [4.78, 5) is 19.3. The second-order valence-electron chi connectivity index (χ2n) is 5.98. The van der Waals surface area contributed by atoms with Gasteiger partial charge in [-0.25, -0.2) is 19.9 Å². The number of H-pyrrole nitrogens is 1. The van der Waals surface area contributed by atoms with E-state index in [9.17, 15) is 10.2 Å². The number of nitrogens with one attached hydrogen (secondary N) is 1. The van der Waals surface area contributed by atoms with E-state index in [0.717, 1.165) is 5.69 Å². The normalized spacial score (nSPS) is 25.9. The lowest BCUT2D eigenvalue weighted by molar-refractivity contribution is -0.0699. The van der Waals surface area contributed by atoms with Gasteiger partial charge in [0.25, 0.3) is 0 Å². The minimum Gasteiger partial charge on any atom is -0.394 e. The summed E-state index contributed by atoms with van der Waals surface area (Å²) in [5, 5.41) is 20.0. The molecular formula is C15H19N7O4. The number of nitrogens with two attached hydrogens (primary N) is 1. The summed E-state index contributed by atoms with van der Waals surface area (Å²) in [6, 6.07) is 0. The van der Waals surface area contributed by atoms with Crippen LogP contribution in [0.15, 0.2) is 25.2 Å². The van der Waals surface area contributed by atoms with Crippen molar-refractivity contribution in [2.45, 2.75) is 31.0 Å². The zero-order chi connectivity index (χ0) is 18.1. The molecule has 0 bridgehead atoms. The lowest BCUT2D eigenvalue weighted by atomic mass is 10.1. The maximum atomic E-state index is 10.5. The van der Waals surface area contributed by atoms with Gasteiger partial charge in [-0.1, -0.05) is 0 Å². The van der Waals surface area contributed by atoms with Crippen LogP contribution in [-0.4, -0.2) is 71.2 Å². The van der Waals surface area contributed by atoms with Crippen LogP contribution in [0, 0.1) is 0 Å². The Balaban J connectivity index is 1.58. The summed E-state index contributed by atoms with van der Waals surface area (Å²) < 4.78 is 13.3. The number of anilines is 1. The van der Waals surface area contributed by atoms with Gasteiger partial charge < -0.3 is 30.4 Å². The van der Waals surface area contributed by atoms with Gasteiger partial charge in [0.2, 0.25) is 0 Å². The summed E-state index contributed by atoms with van der Waals surface area (Å²) in [6.45, 7) is 0.00745. The summed E-state index contributed by atoms with van der Waals surface area (Å²) in [5.74, 6) is 0.253. The number of aromatic amines is 1. The Hall–Kier alpha value is -2.60. The molecule has 4 atom stereocenters. The molecule has 138 valence electrons. The molecule has 1 fully saturated rings. The summed E-state index contributed by atoms with van der Waals surface area (Å²) in [7, 11) is 0. The van der Waals surface area contributed by atoms with E-state index in [-0.39, 0.29) is 12.4 Å². The number of imidazole rings is 2. The van der Waals surface area contributed by atoms with Crippen LogP contribution in [0.25, 0.3) is 11.2 Å². The summed E-state index contributed by atoms with van der Waals surface area (Å²) >= 11 is 0. The lowest BCUT2D eigenvalue weighted by Crippen LogP contribution is -2.36. The predicted molar refractivity (Wildman–Crippen MR) is 88.8 cm³/mol. The summed E-state index contributed by atoms with van der Waals surface area (Å²) in [5.41, 5.74) is 7.65. The standard InChI is InChI=1S/C15H19N7O4/c16-13-10-14(20-6-19-13)22(7-21-10)15-12(11(24)9(4-23)26-15)25-2-1-8-3-17-5-18-8/h3,5-7,9,11-12,15,23-24H,1-2,4H2,(H,17,18)(H2,16,19,20)/t9-,11?,12?,15-/m1/s1. The number of nitrogens with zero attached hydrogens (tertiary/aromatic N) is 5. The van der Waals surface area contributed by atoms with E-state index in [1.807, 2.05) is 0 Å². The molecular weight excluding hydrogens is 342 g/mol. The van der Waals surface area contributed by atoms with Crippen LogP contribution in [0.1, 0.15) is 11.9 Å². The first-order chi connectivity index (χ1) is 12.7. The van der Waals surface area contributed by atoms with Crippen molar-refractivity contribution in [2.75, 3.05) is 18.9 Å². The predicted octanol–water partition coefficient (Wildman–Crippen LogP) is -0.990. The van der Waals surface area contributed by atoms with E-state index < -0.39 is 24.5 Å². The van der Waals surface area contributed by atoms with Gasteiger partial charge in [-0.05, 0) is 0 Å². The number of aliphatic hydroxyl groups is 2. The van der Waals surface area contributed by atoms with E-state index in [1.165, 1.54) is 12.7 Å². The topological polar surface area (TPSA) is 157 Å². The first-order valence-electron chi connectivity index (χ1n) is 8.15. The van der Waals surface area contributed by atoms with E-state index >= 15 is 0 Å². The van der Waals surface area contributed by atoms with E-state index in [4.69, 9.17) is 15.2 Å². The third kappa shape index (κ3) is 2.90. The average molecular weight is 361 g/mol. The Morgan fingerprint density at radius 1 is 1.35 bits per heavy atom. The van der Waals surface area contributed by atoms with Crippen LogP contribution in [0.2, 0.25) is 0 Å². The molecule has 1 aliphatic rings. The van der Waals surface area contributed by atoms with E-state index in [2.05, 4.69) is 24.9 Å². The quantitative estimate of drug-likeness (QED) is 0.432. The molecule has 3 aromatic heterocycles. The van der Waals surface area contributed by atoms with Crippen LogP contribution in [0.5, 0.6) is 0 Å². The molecule has 0 radical (unpaired) electrons. The Labute approximate surface area is 147 Å². The molecule has 11 nitrogen and oxygen atoms in total. The molecule has 5 N–H and O–H groups in total. The lowest BCUT2D eigenvalue weighted by Gasteiger charge is -2.22. The highest BCUT2D eigenvalue weighted by atomic mass is 16.6. The van der Waals surface area contributed by atoms with Gasteiger partial charge in [-0.3, -0.25) is 4.57 Å². The van der Waals surface area contributed by atoms with Crippen LogP contribution in [-0.2, 0) is 15.9 Å². The van der Waals surface area contributed by atoms with Crippen LogP contribution < -0.4 is 5.73 Å². The van der Waals surface area contributed by atoms with Crippen molar-refractivity contribution < 1.29 is 19.7 Å². The maximum Gasteiger partial charge on any atom is 0.167 e. The number of fused-ring (bicyclic) bond motifs is 1. The highest BCUT2D eigenvalue weighted by molar-refractivity contribution is 5.81. The fourth-order valence-electron chi connectivity index (χ4n) is 3.06. The molecule has 11 heteroatoms. The van der Waals surface area contributed by atoms with Crippen molar-refractivity contribution in [2.24, 2.45) is 0 Å². The number of nitrogen functional groups attached to an aromatic ring is 1. The zero-order valence-electron chi connectivity index (χ0n) is 13.8. The SMILES string of the molecule is Nc1ncnc2c1ncn2[C@@H]1O[C@H](CO)C(O)C1OCCc1cnc[nH]1. The van der Waals surface area contributed by atoms with Gasteiger partial charge in [0, 0.05) is 18.3 Å². The largest absolute Gasteiger partial charge is 0.394 e. The Bertz CT molecular complexity index is 868. The first-order valence-corrected chi connectivity index (χ1v) is 8.15. The molecule has 0 amide bonds. The molecule has 0 aromatic carbocycles. The fourth-order valence-corrected chi connectivity index (χ4v) is 3.06. The number of hydrogen-bond donors (Lipinski definition) is 4. The van der Waals surface area contributed by atoms with E-state index in [1.54, 1.807) is 17.1 Å².